The van der Waals surface area contributed by atoms with Crippen LogP contribution in [0.4, 0.5) is 4.79 Å². The standard InChI is InChI=1S/C19H23NO4/c1-5-15(17-16(21)9-10-23-17)14-8-6-7-13(11-14)12-20-18(22)24-19(2,3)4/h5-11,16,21H,1,12H2,2-4H3,(H,20,22)/b17-15-. The Bertz CT molecular complexity index is 683. The summed E-state index contributed by atoms with van der Waals surface area (Å²) in [6, 6.07) is 7.59. The summed E-state index contributed by atoms with van der Waals surface area (Å²) in [6.07, 6.45) is 3.42. The number of nitrogens with one attached hydrogen (secondary N) is 1. The van der Waals surface area contributed by atoms with Gasteiger partial charge in [-0.2, -0.15) is 0 Å². The van der Waals surface area contributed by atoms with E-state index in [0.717, 1.165) is 11.1 Å². The van der Waals surface area contributed by atoms with Crippen LogP contribution in [0.2, 0.25) is 0 Å². The number of alkyl carbamates (subject to hydrolysis) is 1. The van der Waals surface area contributed by atoms with Crippen LogP contribution in [0.3, 0.4) is 0 Å². The normalized spacial score (nSPS) is 18.8. The molecule has 0 spiro atoms. The fourth-order valence-corrected chi connectivity index (χ4v) is 2.26. The Morgan fingerprint density at radius 3 is 2.79 bits per heavy atom. The van der Waals surface area contributed by atoms with Crippen LogP contribution >= 0.6 is 0 Å². The van der Waals surface area contributed by atoms with E-state index in [1.54, 1.807) is 12.2 Å². The fourth-order valence-electron chi connectivity index (χ4n) is 2.26. The van der Waals surface area contributed by atoms with Crippen molar-refractivity contribution < 1.29 is 19.4 Å². The number of carbonyl (C=O) groups is 1. The van der Waals surface area contributed by atoms with Gasteiger partial charge in [0.2, 0.25) is 0 Å². The molecule has 5 heteroatoms. The molecular weight excluding hydrogens is 306 g/mol. The van der Waals surface area contributed by atoms with Crippen LogP contribution in [-0.4, -0.2) is 22.9 Å². The lowest BCUT2D eigenvalue weighted by molar-refractivity contribution is 0.0523. The third-order valence-electron chi connectivity index (χ3n) is 3.27. The van der Waals surface area contributed by atoms with Gasteiger partial charge in [-0.05, 0) is 44.0 Å². The number of amides is 1. The van der Waals surface area contributed by atoms with Crippen molar-refractivity contribution in [3.8, 4) is 0 Å². The number of rotatable bonds is 4. The number of benzene rings is 1. The van der Waals surface area contributed by atoms with Gasteiger partial charge in [0, 0.05) is 12.1 Å². The Morgan fingerprint density at radius 2 is 2.21 bits per heavy atom. The molecule has 0 aromatic heterocycles. The predicted molar refractivity (Wildman–Crippen MR) is 92.9 cm³/mol. The highest BCUT2D eigenvalue weighted by atomic mass is 16.6. The molecule has 2 N–H and O–H groups in total. The lowest BCUT2D eigenvalue weighted by Gasteiger charge is -2.19. The van der Waals surface area contributed by atoms with E-state index in [2.05, 4.69) is 11.9 Å². The average molecular weight is 329 g/mol. The number of allylic oxidation sites excluding steroid dienone is 2. The minimum atomic E-state index is -0.776. The number of hydrogen-bond acceptors (Lipinski definition) is 4. The minimum absolute atomic E-state index is 0.337. The molecule has 1 aliphatic heterocycles. The molecular formula is C19H23NO4. The third kappa shape index (κ3) is 4.73. The zero-order chi connectivity index (χ0) is 17.7. The second kappa shape index (κ2) is 7.36. The lowest BCUT2D eigenvalue weighted by Crippen LogP contribution is -2.32. The van der Waals surface area contributed by atoms with Crippen molar-refractivity contribution in [2.75, 3.05) is 0 Å². The first kappa shape index (κ1) is 17.8. The average Bonchev–Trinajstić information content (AvgIpc) is 2.91. The Morgan fingerprint density at radius 1 is 1.46 bits per heavy atom. The predicted octanol–water partition coefficient (Wildman–Crippen LogP) is 3.51. The molecule has 1 unspecified atom stereocenters. The molecule has 128 valence electrons. The first-order valence-electron chi connectivity index (χ1n) is 7.74. The van der Waals surface area contributed by atoms with Gasteiger partial charge in [-0.15, -0.1) is 0 Å². The molecule has 1 aromatic carbocycles. The Labute approximate surface area is 142 Å². The minimum Gasteiger partial charge on any atom is -0.466 e. The molecule has 1 aliphatic rings. The van der Waals surface area contributed by atoms with Crippen LogP contribution in [0.1, 0.15) is 31.9 Å². The van der Waals surface area contributed by atoms with Crippen LogP contribution in [0.5, 0.6) is 0 Å². The van der Waals surface area contributed by atoms with Crippen LogP contribution in [0.15, 0.2) is 55.0 Å². The van der Waals surface area contributed by atoms with Crippen molar-refractivity contribution in [1.29, 1.82) is 0 Å². The van der Waals surface area contributed by atoms with Gasteiger partial charge in [0.25, 0.3) is 0 Å². The van der Waals surface area contributed by atoms with E-state index in [0.29, 0.717) is 17.9 Å². The molecule has 0 saturated heterocycles. The fraction of sp³-hybridized carbons (Fsp3) is 0.316. The molecule has 1 heterocycles. The molecule has 0 bridgehead atoms. The van der Waals surface area contributed by atoms with E-state index in [1.807, 2.05) is 45.0 Å². The maximum absolute atomic E-state index is 11.7. The van der Waals surface area contributed by atoms with Gasteiger partial charge >= 0.3 is 6.09 Å². The van der Waals surface area contributed by atoms with Gasteiger partial charge in [0.1, 0.15) is 17.5 Å². The van der Waals surface area contributed by atoms with E-state index < -0.39 is 17.8 Å². The van der Waals surface area contributed by atoms with Gasteiger partial charge in [-0.3, -0.25) is 0 Å². The number of aliphatic hydroxyl groups is 1. The van der Waals surface area contributed by atoms with Crippen LogP contribution in [-0.2, 0) is 16.0 Å². The third-order valence-corrected chi connectivity index (χ3v) is 3.27. The maximum Gasteiger partial charge on any atom is 0.407 e. The summed E-state index contributed by atoms with van der Waals surface area (Å²) < 4.78 is 10.6. The van der Waals surface area contributed by atoms with Crippen LogP contribution in [0.25, 0.3) is 5.57 Å². The van der Waals surface area contributed by atoms with Gasteiger partial charge in [-0.25, -0.2) is 4.79 Å². The summed E-state index contributed by atoms with van der Waals surface area (Å²) in [5.41, 5.74) is 1.94. The topological polar surface area (TPSA) is 67.8 Å². The van der Waals surface area contributed by atoms with E-state index >= 15 is 0 Å². The van der Waals surface area contributed by atoms with Gasteiger partial charge in [0.05, 0.1) is 6.26 Å². The first-order chi connectivity index (χ1) is 11.3. The Hall–Kier alpha value is -2.53. The van der Waals surface area contributed by atoms with Crippen molar-refractivity contribution in [3.05, 3.63) is 66.1 Å². The zero-order valence-corrected chi connectivity index (χ0v) is 14.2. The number of carbonyl (C=O) groups excluding carboxylic acids is 1. The van der Waals surface area contributed by atoms with Gasteiger partial charge in [-0.1, -0.05) is 30.9 Å². The smallest absolute Gasteiger partial charge is 0.407 e. The SMILES string of the molecule is C=C/C(=C1/OC=CC1O)c1cccc(CNC(=O)OC(C)(C)C)c1. The molecule has 0 fully saturated rings. The van der Waals surface area contributed by atoms with Crippen LogP contribution in [0, 0.1) is 0 Å². The molecule has 0 saturated carbocycles. The highest BCUT2D eigenvalue weighted by molar-refractivity contribution is 5.77. The van der Waals surface area contributed by atoms with Crippen molar-refractivity contribution >= 4 is 11.7 Å². The molecule has 5 nitrogen and oxygen atoms in total. The summed E-state index contributed by atoms with van der Waals surface area (Å²) in [5, 5.41) is 12.6. The molecule has 2 rings (SSSR count). The van der Waals surface area contributed by atoms with Crippen LogP contribution < -0.4 is 5.32 Å². The van der Waals surface area contributed by atoms with Crippen molar-refractivity contribution in [3.63, 3.8) is 0 Å². The summed E-state index contributed by atoms with van der Waals surface area (Å²) in [4.78, 5) is 11.7. The summed E-state index contributed by atoms with van der Waals surface area (Å²) in [6.45, 7) is 9.58. The summed E-state index contributed by atoms with van der Waals surface area (Å²) in [5.74, 6) is 0.447. The highest BCUT2D eigenvalue weighted by Crippen LogP contribution is 2.27. The Kier molecular flexibility index (Phi) is 5.46. The van der Waals surface area contributed by atoms with E-state index in [1.165, 1.54) is 6.26 Å². The van der Waals surface area contributed by atoms with Crippen molar-refractivity contribution in [1.82, 2.24) is 5.32 Å². The first-order valence-corrected chi connectivity index (χ1v) is 7.74. The van der Waals surface area contributed by atoms with E-state index in [9.17, 15) is 9.90 Å². The number of aliphatic hydroxyl groups excluding tert-OH is 1. The largest absolute Gasteiger partial charge is 0.466 e. The summed E-state index contributed by atoms with van der Waals surface area (Å²) >= 11 is 0. The van der Waals surface area contributed by atoms with Gasteiger partial charge in [0.15, 0.2) is 0 Å². The van der Waals surface area contributed by atoms with E-state index in [-0.39, 0.29) is 0 Å². The molecule has 1 aromatic rings. The van der Waals surface area contributed by atoms with E-state index in [4.69, 9.17) is 9.47 Å². The van der Waals surface area contributed by atoms with Gasteiger partial charge < -0.3 is 19.9 Å². The number of hydrogen-bond donors (Lipinski definition) is 2. The molecule has 0 aliphatic carbocycles. The molecule has 0 radical (unpaired) electrons. The lowest BCUT2D eigenvalue weighted by atomic mass is 10.0. The molecule has 1 amide bonds. The highest BCUT2D eigenvalue weighted by Gasteiger charge is 2.19. The monoisotopic (exact) mass is 329 g/mol. The second-order valence-electron chi connectivity index (χ2n) is 6.43. The quantitative estimate of drug-likeness (QED) is 0.887. The number of ether oxygens (including phenoxy) is 2. The molecule has 24 heavy (non-hydrogen) atoms. The maximum atomic E-state index is 11.7. The van der Waals surface area contributed by atoms with Crippen molar-refractivity contribution in [2.45, 2.75) is 39.0 Å². The Balaban J connectivity index is 2.12. The van der Waals surface area contributed by atoms with Crippen molar-refractivity contribution in [2.24, 2.45) is 0 Å². The second-order valence-corrected chi connectivity index (χ2v) is 6.43. The summed E-state index contributed by atoms with van der Waals surface area (Å²) in [7, 11) is 0. The molecule has 1 atom stereocenters. The zero-order valence-electron chi connectivity index (χ0n) is 14.2.